The summed E-state index contributed by atoms with van der Waals surface area (Å²) in [6.45, 7) is 3.99. The number of urea groups is 1. The van der Waals surface area contributed by atoms with Gasteiger partial charge in [0.15, 0.2) is 0 Å². The lowest BCUT2D eigenvalue weighted by Crippen LogP contribution is -2.19. The average molecular weight is 455 g/mol. The van der Waals surface area contributed by atoms with Crippen LogP contribution in [0.25, 0.3) is 11.3 Å². The van der Waals surface area contributed by atoms with E-state index in [1.54, 1.807) is 37.6 Å². The minimum atomic E-state index is -0.308. The first-order valence-corrected chi connectivity index (χ1v) is 11.0. The van der Waals surface area contributed by atoms with Crippen molar-refractivity contribution in [3.8, 4) is 22.9 Å². The lowest BCUT2D eigenvalue weighted by Gasteiger charge is -2.13. The third kappa shape index (κ3) is 5.47. The second-order valence-electron chi connectivity index (χ2n) is 7.59. The fourth-order valence-electron chi connectivity index (χ4n) is 3.40. The van der Waals surface area contributed by atoms with Gasteiger partial charge in [0.2, 0.25) is 11.8 Å². The molecule has 0 aliphatic carbocycles. The van der Waals surface area contributed by atoms with Crippen molar-refractivity contribution in [3.63, 3.8) is 0 Å². The fraction of sp³-hybridized carbons (Fsp3) is 0.154. The van der Waals surface area contributed by atoms with Crippen LogP contribution in [0.4, 0.5) is 22.1 Å². The van der Waals surface area contributed by atoms with Crippen molar-refractivity contribution < 1.29 is 9.53 Å². The maximum atomic E-state index is 12.4. The van der Waals surface area contributed by atoms with Crippen LogP contribution >= 0.6 is 0 Å². The van der Waals surface area contributed by atoms with E-state index in [-0.39, 0.29) is 6.03 Å². The van der Waals surface area contributed by atoms with E-state index in [0.29, 0.717) is 29.0 Å². The molecule has 0 saturated heterocycles. The van der Waals surface area contributed by atoms with Crippen molar-refractivity contribution in [1.82, 2.24) is 15.0 Å². The highest BCUT2D eigenvalue weighted by molar-refractivity contribution is 5.99. The first-order chi connectivity index (χ1) is 16.6. The maximum Gasteiger partial charge on any atom is 0.323 e. The van der Waals surface area contributed by atoms with Crippen LogP contribution in [0.2, 0.25) is 0 Å². The Kier molecular flexibility index (Phi) is 6.98. The van der Waals surface area contributed by atoms with E-state index in [9.17, 15) is 4.79 Å². The topological polar surface area (TPSA) is 101 Å². The molecule has 3 N–H and O–H groups in total. The van der Waals surface area contributed by atoms with Crippen LogP contribution in [0.1, 0.15) is 18.1 Å². The third-order valence-electron chi connectivity index (χ3n) is 5.16. The zero-order valence-corrected chi connectivity index (χ0v) is 19.3. The van der Waals surface area contributed by atoms with E-state index in [1.807, 2.05) is 49.4 Å². The minimum absolute atomic E-state index is 0.308. The molecule has 0 aliphatic rings. The molecule has 34 heavy (non-hydrogen) atoms. The predicted molar refractivity (Wildman–Crippen MR) is 135 cm³/mol. The standard InChI is InChI=1S/C26H26N6O2/c1-4-18-7-5-8-19(16-18)30-26(33)31-20-10-11-23(17(2)15-20)34-24-21(9-6-13-28-24)22-12-14-29-25(27-3)32-22/h5-16H,4H2,1-3H3,(H,27,29,32)(H2,30,31,33). The number of benzene rings is 2. The normalized spacial score (nSPS) is 10.4. The zero-order valence-electron chi connectivity index (χ0n) is 19.3. The molecule has 172 valence electrons. The van der Waals surface area contributed by atoms with Gasteiger partial charge in [-0.2, -0.15) is 0 Å². The van der Waals surface area contributed by atoms with Gasteiger partial charge in [0.25, 0.3) is 0 Å². The van der Waals surface area contributed by atoms with E-state index < -0.39 is 0 Å². The molecular weight excluding hydrogens is 428 g/mol. The van der Waals surface area contributed by atoms with Gasteiger partial charge in [0, 0.05) is 30.8 Å². The van der Waals surface area contributed by atoms with Gasteiger partial charge in [0.05, 0.1) is 11.3 Å². The Morgan fingerprint density at radius 2 is 1.76 bits per heavy atom. The van der Waals surface area contributed by atoms with Crippen LogP contribution in [0.5, 0.6) is 11.6 Å². The van der Waals surface area contributed by atoms with Crippen LogP contribution in [0.3, 0.4) is 0 Å². The number of nitrogens with zero attached hydrogens (tertiary/aromatic N) is 3. The average Bonchev–Trinajstić information content (AvgIpc) is 2.86. The Hall–Kier alpha value is -4.46. The number of hydrogen-bond acceptors (Lipinski definition) is 6. The number of amides is 2. The highest BCUT2D eigenvalue weighted by Crippen LogP contribution is 2.32. The molecule has 0 spiro atoms. The number of carbonyl (C=O) groups is 1. The summed E-state index contributed by atoms with van der Waals surface area (Å²) in [6, 6.07) is 18.5. The van der Waals surface area contributed by atoms with Gasteiger partial charge >= 0.3 is 6.03 Å². The highest BCUT2D eigenvalue weighted by atomic mass is 16.5. The molecule has 0 saturated carbocycles. The number of pyridine rings is 1. The zero-order chi connectivity index (χ0) is 23.9. The van der Waals surface area contributed by atoms with Gasteiger partial charge < -0.3 is 20.7 Å². The second-order valence-corrected chi connectivity index (χ2v) is 7.59. The summed E-state index contributed by atoms with van der Waals surface area (Å²) in [4.78, 5) is 25.5. The summed E-state index contributed by atoms with van der Waals surface area (Å²) in [7, 11) is 1.77. The number of hydrogen-bond donors (Lipinski definition) is 3. The summed E-state index contributed by atoms with van der Waals surface area (Å²) in [5, 5.41) is 8.66. The fourth-order valence-corrected chi connectivity index (χ4v) is 3.40. The van der Waals surface area contributed by atoms with Crippen LogP contribution in [0.15, 0.2) is 73.1 Å². The summed E-state index contributed by atoms with van der Waals surface area (Å²) in [5.74, 6) is 1.57. The largest absolute Gasteiger partial charge is 0.438 e. The Bertz CT molecular complexity index is 1310. The molecule has 2 aromatic carbocycles. The maximum absolute atomic E-state index is 12.4. The van der Waals surface area contributed by atoms with Crippen molar-refractivity contribution in [1.29, 1.82) is 0 Å². The molecule has 2 heterocycles. The van der Waals surface area contributed by atoms with E-state index in [4.69, 9.17) is 4.74 Å². The van der Waals surface area contributed by atoms with E-state index in [1.165, 1.54) is 0 Å². The summed E-state index contributed by atoms with van der Waals surface area (Å²) < 4.78 is 6.13. The van der Waals surface area contributed by atoms with Crippen molar-refractivity contribution in [2.75, 3.05) is 23.0 Å². The molecule has 0 fully saturated rings. The molecule has 0 unspecified atom stereocenters. The van der Waals surface area contributed by atoms with Crippen LogP contribution in [-0.4, -0.2) is 28.0 Å². The van der Waals surface area contributed by atoms with Crippen molar-refractivity contribution in [2.45, 2.75) is 20.3 Å². The van der Waals surface area contributed by atoms with Gasteiger partial charge in [-0.25, -0.2) is 19.7 Å². The molecule has 0 bridgehead atoms. The Morgan fingerprint density at radius 3 is 2.53 bits per heavy atom. The van der Waals surface area contributed by atoms with Gasteiger partial charge in [-0.15, -0.1) is 0 Å². The minimum Gasteiger partial charge on any atom is -0.438 e. The molecule has 8 heteroatoms. The van der Waals surface area contributed by atoms with E-state index >= 15 is 0 Å². The molecule has 4 rings (SSSR count). The molecule has 0 atom stereocenters. The number of rotatable bonds is 7. The first kappa shape index (κ1) is 22.7. The molecule has 4 aromatic rings. The summed E-state index contributed by atoms with van der Waals surface area (Å²) >= 11 is 0. The van der Waals surface area contributed by atoms with Crippen molar-refractivity contribution >= 4 is 23.4 Å². The lowest BCUT2D eigenvalue weighted by atomic mass is 10.1. The number of ether oxygens (including phenoxy) is 1. The molecular formula is C26H26N6O2. The summed E-state index contributed by atoms with van der Waals surface area (Å²) in [6.07, 6.45) is 4.26. The van der Waals surface area contributed by atoms with Crippen LogP contribution < -0.4 is 20.7 Å². The Morgan fingerprint density at radius 1 is 0.941 bits per heavy atom. The molecule has 8 nitrogen and oxygen atoms in total. The number of aromatic nitrogens is 3. The molecule has 2 amide bonds. The van der Waals surface area contributed by atoms with Gasteiger partial charge in [0.1, 0.15) is 5.75 Å². The number of aryl methyl sites for hydroxylation is 2. The highest BCUT2D eigenvalue weighted by Gasteiger charge is 2.13. The smallest absolute Gasteiger partial charge is 0.323 e. The van der Waals surface area contributed by atoms with Gasteiger partial charge in [-0.1, -0.05) is 19.1 Å². The van der Waals surface area contributed by atoms with Crippen molar-refractivity contribution in [3.05, 3.63) is 84.2 Å². The van der Waals surface area contributed by atoms with Crippen LogP contribution in [0, 0.1) is 6.92 Å². The molecule has 0 radical (unpaired) electrons. The summed E-state index contributed by atoms with van der Waals surface area (Å²) in [5.41, 5.74) is 4.86. The van der Waals surface area contributed by atoms with Crippen LogP contribution in [-0.2, 0) is 6.42 Å². The second kappa shape index (κ2) is 10.4. The predicted octanol–water partition coefficient (Wildman–Crippen LogP) is 5.89. The van der Waals surface area contributed by atoms with Gasteiger partial charge in [-0.05, 0) is 73.0 Å². The van der Waals surface area contributed by atoms with Crippen molar-refractivity contribution in [2.24, 2.45) is 0 Å². The third-order valence-corrected chi connectivity index (χ3v) is 5.16. The first-order valence-electron chi connectivity index (χ1n) is 11.0. The Balaban J connectivity index is 1.48. The van der Waals surface area contributed by atoms with E-state index in [0.717, 1.165) is 28.8 Å². The number of nitrogens with one attached hydrogen (secondary N) is 3. The molecule has 2 aromatic heterocycles. The van der Waals surface area contributed by atoms with Gasteiger partial charge in [-0.3, -0.25) is 0 Å². The molecule has 0 aliphatic heterocycles. The lowest BCUT2D eigenvalue weighted by molar-refractivity contribution is 0.262. The Labute approximate surface area is 198 Å². The number of carbonyl (C=O) groups excluding carboxylic acids is 1. The quantitative estimate of drug-likeness (QED) is 0.322. The number of anilines is 3. The monoisotopic (exact) mass is 454 g/mol. The van der Waals surface area contributed by atoms with E-state index in [2.05, 4.69) is 37.8 Å². The SMILES string of the molecule is CCc1cccc(NC(=O)Nc2ccc(Oc3ncccc3-c3ccnc(NC)n3)c(C)c2)c1.